The minimum absolute atomic E-state index is 0.137. The molecule has 5 nitrogen and oxygen atoms in total. The van der Waals surface area contributed by atoms with Crippen LogP contribution >= 0.6 is 35.0 Å². The molecule has 8 heteroatoms. The standard InChI is InChI=1S/C16H16Cl2N4OS/c17-11-2-1-3-12(14(11)18)19-13(23)8-24-16-21-20-15(9-4-5-9)22(16)10-6-7-10/h1-3,9-10H,4-8H2,(H,19,23). The fraction of sp³-hybridized carbons (Fsp3) is 0.438. The lowest BCUT2D eigenvalue weighted by Gasteiger charge is -2.09. The molecule has 1 amide bonds. The van der Waals surface area contributed by atoms with Crippen LogP contribution in [0.4, 0.5) is 5.69 Å². The number of hydrogen-bond acceptors (Lipinski definition) is 4. The average molecular weight is 383 g/mol. The van der Waals surface area contributed by atoms with E-state index in [0.717, 1.165) is 11.0 Å². The van der Waals surface area contributed by atoms with Crippen molar-refractivity contribution in [2.24, 2.45) is 0 Å². The molecule has 0 bridgehead atoms. The quantitative estimate of drug-likeness (QED) is 0.745. The summed E-state index contributed by atoms with van der Waals surface area (Å²) in [6.07, 6.45) is 4.75. The summed E-state index contributed by atoms with van der Waals surface area (Å²) in [6, 6.07) is 5.69. The van der Waals surface area contributed by atoms with Crippen molar-refractivity contribution in [3.8, 4) is 0 Å². The number of hydrogen-bond donors (Lipinski definition) is 1. The molecular weight excluding hydrogens is 367 g/mol. The van der Waals surface area contributed by atoms with E-state index in [2.05, 4.69) is 20.1 Å². The maximum Gasteiger partial charge on any atom is 0.234 e. The molecule has 0 saturated heterocycles. The maximum absolute atomic E-state index is 12.2. The Morgan fingerprint density at radius 1 is 1.25 bits per heavy atom. The van der Waals surface area contributed by atoms with Crippen LogP contribution < -0.4 is 5.32 Å². The number of nitrogens with one attached hydrogen (secondary N) is 1. The minimum atomic E-state index is -0.137. The summed E-state index contributed by atoms with van der Waals surface area (Å²) in [5.41, 5.74) is 0.525. The molecule has 0 aliphatic heterocycles. The zero-order valence-electron chi connectivity index (χ0n) is 12.8. The minimum Gasteiger partial charge on any atom is -0.324 e. The van der Waals surface area contributed by atoms with Crippen molar-refractivity contribution < 1.29 is 4.79 Å². The molecule has 2 aliphatic rings. The van der Waals surface area contributed by atoms with Crippen molar-refractivity contribution in [3.63, 3.8) is 0 Å². The van der Waals surface area contributed by atoms with Gasteiger partial charge in [0.15, 0.2) is 5.16 Å². The number of rotatable bonds is 6. The first-order chi connectivity index (χ1) is 11.6. The van der Waals surface area contributed by atoms with Crippen LogP contribution in [0.2, 0.25) is 10.0 Å². The predicted molar refractivity (Wildman–Crippen MR) is 96.1 cm³/mol. The van der Waals surface area contributed by atoms with Gasteiger partial charge in [-0.3, -0.25) is 4.79 Å². The Labute approximate surface area is 154 Å². The number of amides is 1. The number of thioether (sulfide) groups is 1. The van der Waals surface area contributed by atoms with E-state index in [-0.39, 0.29) is 11.7 Å². The molecule has 4 rings (SSSR count). The summed E-state index contributed by atoms with van der Waals surface area (Å²) < 4.78 is 2.24. The van der Waals surface area contributed by atoms with Gasteiger partial charge >= 0.3 is 0 Å². The summed E-state index contributed by atoms with van der Waals surface area (Å²) in [7, 11) is 0. The number of benzene rings is 1. The molecule has 2 aliphatic carbocycles. The number of carbonyl (C=O) groups excluding carboxylic acids is 1. The van der Waals surface area contributed by atoms with Crippen molar-refractivity contribution in [3.05, 3.63) is 34.1 Å². The predicted octanol–water partition coefficient (Wildman–Crippen LogP) is 4.53. The zero-order chi connectivity index (χ0) is 16.7. The lowest BCUT2D eigenvalue weighted by molar-refractivity contribution is -0.113. The SMILES string of the molecule is O=C(CSc1nnc(C2CC2)n1C1CC1)Nc1cccc(Cl)c1Cl. The highest BCUT2D eigenvalue weighted by Crippen LogP contribution is 2.46. The zero-order valence-corrected chi connectivity index (χ0v) is 15.2. The van der Waals surface area contributed by atoms with Crippen LogP contribution in [0, 0.1) is 0 Å². The lowest BCUT2D eigenvalue weighted by Crippen LogP contribution is -2.15. The van der Waals surface area contributed by atoms with E-state index in [9.17, 15) is 4.79 Å². The molecule has 126 valence electrons. The Morgan fingerprint density at radius 2 is 2.04 bits per heavy atom. The lowest BCUT2D eigenvalue weighted by atomic mass is 10.3. The van der Waals surface area contributed by atoms with E-state index in [1.54, 1.807) is 18.2 Å². The molecule has 1 aromatic heterocycles. The van der Waals surface area contributed by atoms with Crippen molar-refractivity contribution in [1.82, 2.24) is 14.8 Å². The molecule has 2 fully saturated rings. The van der Waals surface area contributed by atoms with Gasteiger partial charge in [-0.15, -0.1) is 10.2 Å². The highest BCUT2D eigenvalue weighted by molar-refractivity contribution is 7.99. The summed E-state index contributed by atoms with van der Waals surface area (Å²) in [4.78, 5) is 12.2. The molecule has 0 radical (unpaired) electrons. The van der Waals surface area contributed by atoms with Crippen LogP contribution in [0.25, 0.3) is 0 Å². The van der Waals surface area contributed by atoms with Crippen molar-refractivity contribution in [2.75, 3.05) is 11.1 Å². The van der Waals surface area contributed by atoms with Gasteiger partial charge in [-0.1, -0.05) is 41.0 Å². The number of anilines is 1. The molecule has 1 heterocycles. The Hall–Kier alpha value is -1.24. The normalized spacial score (nSPS) is 17.1. The van der Waals surface area contributed by atoms with E-state index in [1.165, 1.54) is 37.4 Å². The summed E-state index contributed by atoms with van der Waals surface area (Å²) >= 11 is 13.5. The molecule has 0 spiro atoms. The fourth-order valence-electron chi connectivity index (χ4n) is 2.60. The van der Waals surface area contributed by atoms with Gasteiger partial charge in [0.2, 0.25) is 5.91 Å². The van der Waals surface area contributed by atoms with Crippen molar-refractivity contribution >= 4 is 46.6 Å². The Morgan fingerprint density at radius 3 is 2.75 bits per heavy atom. The first kappa shape index (κ1) is 16.2. The number of halogens is 2. The van der Waals surface area contributed by atoms with Crippen LogP contribution in [0.5, 0.6) is 0 Å². The molecule has 2 saturated carbocycles. The van der Waals surface area contributed by atoms with E-state index < -0.39 is 0 Å². The van der Waals surface area contributed by atoms with Crippen LogP contribution in [-0.4, -0.2) is 26.4 Å². The second-order valence-electron chi connectivity index (χ2n) is 6.15. The molecule has 0 atom stereocenters. The van der Waals surface area contributed by atoms with E-state index >= 15 is 0 Å². The largest absolute Gasteiger partial charge is 0.324 e. The molecule has 0 unspecified atom stereocenters. The smallest absolute Gasteiger partial charge is 0.234 e. The van der Waals surface area contributed by atoms with Gasteiger partial charge in [-0.2, -0.15) is 0 Å². The topological polar surface area (TPSA) is 59.8 Å². The first-order valence-electron chi connectivity index (χ1n) is 7.95. The second kappa shape index (κ2) is 6.58. The van der Waals surface area contributed by atoms with E-state index in [1.807, 2.05) is 0 Å². The molecule has 1 aromatic carbocycles. The number of nitrogens with zero attached hydrogens (tertiary/aromatic N) is 3. The first-order valence-corrected chi connectivity index (χ1v) is 9.69. The average Bonchev–Trinajstić information content (AvgIpc) is 3.48. The Balaban J connectivity index is 1.41. The van der Waals surface area contributed by atoms with Gasteiger partial charge in [0, 0.05) is 12.0 Å². The van der Waals surface area contributed by atoms with Gasteiger partial charge in [0.25, 0.3) is 0 Å². The summed E-state index contributed by atoms with van der Waals surface area (Å²) in [6.45, 7) is 0. The van der Waals surface area contributed by atoms with Crippen LogP contribution in [0.1, 0.15) is 43.5 Å². The summed E-state index contributed by atoms with van der Waals surface area (Å²) in [5, 5.41) is 13.1. The third-order valence-corrected chi connectivity index (χ3v) is 5.87. The van der Waals surface area contributed by atoms with Crippen LogP contribution in [0.15, 0.2) is 23.4 Å². The number of carbonyl (C=O) groups is 1. The van der Waals surface area contributed by atoms with Gasteiger partial charge in [-0.25, -0.2) is 0 Å². The molecule has 2 aromatic rings. The number of aromatic nitrogens is 3. The van der Waals surface area contributed by atoms with Gasteiger partial charge in [-0.05, 0) is 37.8 Å². The molecular formula is C16H16Cl2N4OS. The molecule has 1 N–H and O–H groups in total. The Kier molecular flexibility index (Phi) is 4.45. The monoisotopic (exact) mass is 382 g/mol. The van der Waals surface area contributed by atoms with Gasteiger partial charge in [0.05, 0.1) is 21.5 Å². The van der Waals surface area contributed by atoms with Gasteiger partial charge < -0.3 is 9.88 Å². The summed E-state index contributed by atoms with van der Waals surface area (Å²) in [5.74, 6) is 1.78. The Bertz CT molecular complexity index is 786. The van der Waals surface area contributed by atoms with Gasteiger partial charge in [0.1, 0.15) is 5.82 Å². The fourth-order valence-corrected chi connectivity index (χ4v) is 3.76. The van der Waals surface area contributed by atoms with E-state index in [0.29, 0.717) is 27.7 Å². The van der Waals surface area contributed by atoms with E-state index in [4.69, 9.17) is 23.2 Å². The third kappa shape index (κ3) is 3.41. The van der Waals surface area contributed by atoms with Crippen LogP contribution in [-0.2, 0) is 4.79 Å². The third-order valence-electron chi connectivity index (χ3n) is 4.10. The maximum atomic E-state index is 12.2. The highest BCUT2D eigenvalue weighted by Gasteiger charge is 2.36. The molecule has 24 heavy (non-hydrogen) atoms. The highest BCUT2D eigenvalue weighted by atomic mass is 35.5. The van der Waals surface area contributed by atoms with Crippen molar-refractivity contribution in [1.29, 1.82) is 0 Å². The van der Waals surface area contributed by atoms with Crippen molar-refractivity contribution in [2.45, 2.75) is 42.8 Å². The second-order valence-corrected chi connectivity index (χ2v) is 7.88. The van der Waals surface area contributed by atoms with Crippen LogP contribution in [0.3, 0.4) is 0 Å².